The molecular weight excluding hydrogens is 312 g/mol. The van der Waals surface area contributed by atoms with Crippen molar-refractivity contribution in [2.45, 2.75) is 18.9 Å². The van der Waals surface area contributed by atoms with Gasteiger partial charge in [-0.05, 0) is 19.1 Å². The molecule has 3 rings (SSSR count). The lowest BCUT2D eigenvalue weighted by Crippen LogP contribution is -2.47. The van der Waals surface area contributed by atoms with E-state index in [1.807, 2.05) is 37.3 Å². The van der Waals surface area contributed by atoms with E-state index >= 15 is 0 Å². The molecule has 1 aromatic carbocycles. The molecule has 0 saturated carbocycles. The summed E-state index contributed by atoms with van der Waals surface area (Å²) in [5.41, 5.74) is 0.777. The monoisotopic (exact) mass is 332 g/mol. The third kappa shape index (κ3) is 2.95. The van der Waals surface area contributed by atoms with Crippen molar-refractivity contribution in [3.63, 3.8) is 0 Å². The summed E-state index contributed by atoms with van der Waals surface area (Å²) in [6, 6.07) is 9.23. The van der Waals surface area contributed by atoms with Gasteiger partial charge in [0, 0.05) is 25.2 Å². The first-order valence-electron chi connectivity index (χ1n) is 7.57. The van der Waals surface area contributed by atoms with Gasteiger partial charge in [0.1, 0.15) is 17.4 Å². The van der Waals surface area contributed by atoms with Gasteiger partial charge in [-0.3, -0.25) is 9.59 Å². The van der Waals surface area contributed by atoms with E-state index in [0.29, 0.717) is 17.4 Å². The fraction of sp³-hybridized carbons (Fsp3) is 0.412. The second kappa shape index (κ2) is 6.28. The third-order valence-electron chi connectivity index (χ3n) is 4.13. The Kier molecular flexibility index (Phi) is 4.35. The summed E-state index contributed by atoms with van der Waals surface area (Å²) in [4.78, 5) is 28.3. The molecule has 5 nitrogen and oxygen atoms in total. The van der Waals surface area contributed by atoms with Gasteiger partial charge in [-0.25, -0.2) is 0 Å². The van der Waals surface area contributed by atoms with Crippen LogP contribution in [0, 0.1) is 0 Å². The predicted molar refractivity (Wildman–Crippen MR) is 91.3 cm³/mol. The second-order valence-corrected chi connectivity index (χ2v) is 6.96. The number of thioether (sulfide) groups is 1. The van der Waals surface area contributed by atoms with Crippen molar-refractivity contribution >= 4 is 34.5 Å². The summed E-state index contributed by atoms with van der Waals surface area (Å²) in [6.07, 6.45) is 0. The second-order valence-electron chi connectivity index (χ2n) is 5.96. The molecular formula is C17H20N2O3S. The molecule has 0 N–H and O–H groups in total. The fourth-order valence-corrected chi connectivity index (χ4v) is 3.90. The van der Waals surface area contributed by atoms with Crippen molar-refractivity contribution < 1.29 is 14.0 Å². The van der Waals surface area contributed by atoms with Crippen LogP contribution in [0.1, 0.15) is 18.6 Å². The lowest BCUT2D eigenvalue weighted by atomic mass is 10.1. The fourth-order valence-electron chi connectivity index (χ4n) is 2.75. The molecule has 0 spiro atoms. The van der Waals surface area contributed by atoms with Crippen LogP contribution in [0.4, 0.5) is 0 Å². The van der Waals surface area contributed by atoms with E-state index in [1.54, 1.807) is 35.7 Å². The first kappa shape index (κ1) is 15.9. The Labute approximate surface area is 139 Å². The molecule has 0 unspecified atom stereocenters. The van der Waals surface area contributed by atoms with Crippen molar-refractivity contribution in [2.24, 2.45) is 0 Å². The Bertz CT molecular complexity index is 707. The van der Waals surface area contributed by atoms with Crippen LogP contribution in [-0.4, -0.2) is 53.4 Å². The number of furan rings is 1. The summed E-state index contributed by atoms with van der Waals surface area (Å²) in [7, 11) is 3.44. The van der Waals surface area contributed by atoms with Gasteiger partial charge in [0.2, 0.25) is 11.8 Å². The highest BCUT2D eigenvalue weighted by molar-refractivity contribution is 7.99. The number of fused-ring (bicyclic) bond motifs is 1. The van der Waals surface area contributed by atoms with Crippen molar-refractivity contribution in [1.82, 2.24) is 9.80 Å². The number of rotatable bonds is 3. The molecule has 2 atom stereocenters. The third-order valence-corrected chi connectivity index (χ3v) is 5.15. The number of nitrogens with zero attached hydrogens (tertiary/aromatic N) is 2. The first-order chi connectivity index (χ1) is 11.0. The van der Waals surface area contributed by atoms with E-state index in [4.69, 9.17) is 4.42 Å². The summed E-state index contributed by atoms with van der Waals surface area (Å²) < 4.78 is 5.80. The van der Waals surface area contributed by atoms with Gasteiger partial charge in [0.25, 0.3) is 0 Å². The summed E-state index contributed by atoms with van der Waals surface area (Å²) in [6.45, 7) is 1.83. The number of hydrogen-bond acceptors (Lipinski definition) is 4. The van der Waals surface area contributed by atoms with Crippen molar-refractivity contribution in [3.05, 3.63) is 36.1 Å². The van der Waals surface area contributed by atoms with E-state index < -0.39 is 5.92 Å². The summed E-state index contributed by atoms with van der Waals surface area (Å²) in [5.74, 6) is 1.35. The molecule has 1 saturated heterocycles. The smallest absolute Gasteiger partial charge is 0.245 e. The topological polar surface area (TPSA) is 53.8 Å². The lowest BCUT2D eigenvalue weighted by Gasteiger charge is -2.27. The van der Waals surface area contributed by atoms with Crippen molar-refractivity contribution in [2.75, 3.05) is 25.7 Å². The Morgan fingerprint density at radius 2 is 2.09 bits per heavy atom. The van der Waals surface area contributed by atoms with E-state index in [2.05, 4.69) is 0 Å². The molecule has 122 valence electrons. The molecule has 1 aliphatic heterocycles. The minimum atomic E-state index is -0.404. The maximum absolute atomic E-state index is 12.8. The molecule has 1 aliphatic rings. The van der Waals surface area contributed by atoms with Gasteiger partial charge in [-0.15, -0.1) is 11.8 Å². The summed E-state index contributed by atoms with van der Waals surface area (Å²) in [5, 5.41) is 0.985. The number of carbonyl (C=O) groups is 2. The number of likely N-dealkylation sites (N-methyl/N-ethyl adjacent to an activating group) is 1. The van der Waals surface area contributed by atoms with Crippen molar-refractivity contribution in [1.29, 1.82) is 0 Å². The van der Waals surface area contributed by atoms with Crippen LogP contribution in [0.15, 0.2) is 34.7 Å². The van der Waals surface area contributed by atoms with Crippen LogP contribution in [0.5, 0.6) is 0 Å². The number of benzene rings is 1. The molecule has 0 bridgehead atoms. The molecule has 2 aromatic rings. The van der Waals surface area contributed by atoms with Gasteiger partial charge in [-0.2, -0.15) is 0 Å². The minimum Gasteiger partial charge on any atom is -0.460 e. The number of para-hydroxylation sites is 1. The highest BCUT2D eigenvalue weighted by atomic mass is 32.2. The van der Waals surface area contributed by atoms with Crippen molar-refractivity contribution in [3.8, 4) is 0 Å². The molecule has 2 amide bonds. The average molecular weight is 332 g/mol. The molecule has 1 fully saturated rings. The van der Waals surface area contributed by atoms with Gasteiger partial charge in [0.15, 0.2) is 0 Å². The normalized spacial score (nSPS) is 19.1. The molecule has 0 radical (unpaired) electrons. The zero-order valence-corrected chi connectivity index (χ0v) is 14.3. The SMILES string of the molecule is C[C@@H](C(=O)N1CSC[C@H]1C(=O)N(C)C)c1cc2ccccc2o1. The highest BCUT2D eigenvalue weighted by Crippen LogP contribution is 2.30. The van der Waals surface area contributed by atoms with E-state index in [0.717, 1.165) is 11.0 Å². The Morgan fingerprint density at radius 1 is 1.35 bits per heavy atom. The van der Waals surface area contributed by atoms with E-state index in [9.17, 15) is 9.59 Å². The van der Waals surface area contributed by atoms with Gasteiger partial charge < -0.3 is 14.2 Å². The number of carbonyl (C=O) groups excluding carboxylic acids is 2. The molecule has 23 heavy (non-hydrogen) atoms. The van der Waals surface area contributed by atoms with Gasteiger partial charge in [0.05, 0.1) is 11.8 Å². The van der Waals surface area contributed by atoms with Crippen LogP contribution in [0.3, 0.4) is 0 Å². The molecule has 1 aromatic heterocycles. The molecule has 6 heteroatoms. The van der Waals surface area contributed by atoms with Gasteiger partial charge >= 0.3 is 0 Å². The minimum absolute atomic E-state index is 0.0276. The average Bonchev–Trinajstić information content (AvgIpc) is 3.18. The van der Waals surface area contributed by atoms with E-state index in [1.165, 1.54) is 0 Å². The number of hydrogen-bond donors (Lipinski definition) is 0. The zero-order valence-electron chi connectivity index (χ0n) is 13.5. The van der Waals surface area contributed by atoms with E-state index in [-0.39, 0.29) is 17.9 Å². The standard InChI is InChI=1S/C17H20N2O3S/c1-11(15-8-12-6-4-5-7-14(12)22-15)16(20)19-10-23-9-13(19)17(21)18(2)3/h4-8,11,13H,9-10H2,1-3H3/t11-,13+/m1/s1. The van der Waals surface area contributed by atoms with Crippen LogP contribution in [0.2, 0.25) is 0 Å². The molecule has 2 heterocycles. The largest absolute Gasteiger partial charge is 0.460 e. The summed E-state index contributed by atoms with van der Waals surface area (Å²) >= 11 is 1.61. The zero-order chi connectivity index (χ0) is 16.6. The van der Waals surface area contributed by atoms with Crippen LogP contribution >= 0.6 is 11.8 Å². The predicted octanol–water partition coefficient (Wildman–Crippen LogP) is 2.53. The number of amides is 2. The first-order valence-corrected chi connectivity index (χ1v) is 8.72. The van der Waals surface area contributed by atoms with Crippen LogP contribution in [-0.2, 0) is 9.59 Å². The Hall–Kier alpha value is -1.95. The Morgan fingerprint density at radius 3 is 2.78 bits per heavy atom. The Balaban J connectivity index is 1.82. The van der Waals surface area contributed by atoms with Crippen LogP contribution in [0.25, 0.3) is 11.0 Å². The highest BCUT2D eigenvalue weighted by Gasteiger charge is 2.38. The van der Waals surface area contributed by atoms with Crippen LogP contribution < -0.4 is 0 Å². The molecule has 0 aliphatic carbocycles. The van der Waals surface area contributed by atoms with Gasteiger partial charge in [-0.1, -0.05) is 18.2 Å². The lowest BCUT2D eigenvalue weighted by molar-refractivity contribution is -0.142. The quantitative estimate of drug-likeness (QED) is 0.867. The maximum atomic E-state index is 12.8. The maximum Gasteiger partial charge on any atom is 0.245 e.